The van der Waals surface area contributed by atoms with Gasteiger partial charge >= 0.3 is 0 Å². The standard InChI is InChI=1S/C23H25N5O/c1-16-6-5-7-18(14-16)23(29)27-20-10-8-19(9-11-20)26-21-15-22(25-17(2)24-21)28-12-3-4-13-28/h5-11,14-15H,3-4,12-13H2,1-2H3,(H,27,29)(H,24,25,26). The minimum atomic E-state index is -0.115. The molecule has 1 amide bonds. The highest BCUT2D eigenvalue weighted by Crippen LogP contribution is 2.23. The summed E-state index contributed by atoms with van der Waals surface area (Å²) in [5.74, 6) is 2.38. The van der Waals surface area contributed by atoms with Gasteiger partial charge in [-0.25, -0.2) is 9.97 Å². The number of nitrogens with zero attached hydrogens (tertiary/aromatic N) is 3. The molecule has 3 aromatic rings. The molecule has 2 aromatic carbocycles. The first-order valence-corrected chi connectivity index (χ1v) is 9.92. The minimum absolute atomic E-state index is 0.115. The maximum absolute atomic E-state index is 12.4. The lowest BCUT2D eigenvalue weighted by Crippen LogP contribution is -2.19. The molecule has 6 heteroatoms. The molecular formula is C23H25N5O. The third-order valence-corrected chi connectivity index (χ3v) is 4.95. The summed E-state index contributed by atoms with van der Waals surface area (Å²) in [4.78, 5) is 23.8. The van der Waals surface area contributed by atoms with E-state index in [1.165, 1.54) is 12.8 Å². The number of carbonyl (C=O) groups excluding carboxylic acids is 1. The average Bonchev–Trinajstić information content (AvgIpc) is 3.24. The Kier molecular flexibility index (Phi) is 5.42. The Morgan fingerprint density at radius 1 is 0.931 bits per heavy atom. The van der Waals surface area contributed by atoms with Gasteiger partial charge in [-0.3, -0.25) is 4.79 Å². The molecule has 2 N–H and O–H groups in total. The SMILES string of the molecule is Cc1cccc(C(=O)Nc2ccc(Nc3cc(N4CCCC4)nc(C)n3)cc2)c1. The van der Waals surface area contributed by atoms with E-state index in [9.17, 15) is 4.79 Å². The van der Waals surface area contributed by atoms with Crippen LogP contribution in [-0.4, -0.2) is 29.0 Å². The van der Waals surface area contributed by atoms with Gasteiger partial charge in [0.05, 0.1) is 0 Å². The normalized spacial score (nSPS) is 13.4. The fraction of sp³-hybridized carbons (Fsp3) is 0.261. The lowest BCUT2D eigenvalue weighted by atomic mass is 10.1. The van der Waals surface area contributed by atoms with Crippen LogP contribution in [0.2, 0.25) is 0 Å². The van der Waals surface area contributed by atoms with Gasteiger partial charge in [0.15, 0.2) is 0 Å². The van der Waals surface area contributed by atoms with Crippen molar-refractivity contribution < 1.29 is 4.79 Å². The lowest BCUT2D eigenvalue weighted by Gasteiger charge is -2.18. The van der Waals surface area contributed by atoms with E-state index in [4.69, 9.17) is 0 Å². The van der Waals surface area contributed by atoms with Crippen LogP contribution >= 0.6 is 0 Å². The van der Waals surface area contributed by atoms with Crippen LogP contribution in [0, 0.1) is 13.8 Å². The largest absolute Gasteiger partial charge is 0.356 e. The van der Waals surface area contributed by atoms with Crippen LogP contribution in [0.5, 0.6) is 0 Å². The van der Waals surface area contributed by atoms with E-state index in [0.29, 0.717) is 5.56 Å². The summed E-state index contributed by atoms with van der Waals surface area (Å²) in [5.41, 5.74) is 3.37. The van der Waals surface area contributed by atoms with Gasteiger partial charge in [-0.1, -0.05) is 17.7 Å². The summed E-state index contributed by atoms with van der Waals surface area (Å²) in [6, 6.07) is 17.2. The van der Waals surface area contributed by atoms with Crippen LogP contribution < -0.4 is 15.5 Å². The first kappa shape index (κ1) is 18.9. The van der Waals surface area contributed by atoms with Gasteiger partial charge < -0.3 is 15.5 Å². The van der Waals surface area contributed by atoms with E-state index in [1.807, 2.05) is 68.4 Å². The Morgan fingerprint density at radius 2 is 1.66 bits per heavy atom. The van der Waals surface area contributed by atoms with E-state index in [-0.39, 0.29) is 5.91 Å². The zero-order chi connectivity index (χ0) is 20.2. The number of carbonyl (C=O) groups is 1. The van der Waals surface area contributed by atoms with Crippen molar-refractivity contribution in [2.45, 2.75) is 26.7 Å². The van der Waals surface area contributed by atoms with Crippen LogP contribution in [0.1, 0.15) is 34.6 Å². The summed E-state index contributed by atoms with van der Waals surface area (Å²) in [5, 5.41) is 6.27. The third kappa shape index (κ3) is 4.71. The Bertz CT molecular complexity index is 1010. The van der Waals surface area contributed by atoms with Crippen LogP contribution in [-0.2, 0) is 0 Å². The van der Waals surface area contributed by atoms with Crippen molar-refractivity contribution in [1.29, 1.82) is 0 Å². The molecule has 0 unspecified atom stereocenters. The highest BCUT2D eigenvalue weighted by Gasteiger charge is 2.15. The van der Waals surface area contributed by atoms with Gasteiger partial charge in [-0.15, -0.1) is 0 Å². The Balaban J connectivity index is 1.44. The second-order valence-corrected chi connectivity index (χ2v) is 7.38. The first-order valence-electron chi connectivity index (χ1n) is 9.92. The molecule has 4 rings (SSSR count). The van der Waals surface area contributed by atoms with Gasteiger partial charge in [-0.2, -0.15) is 0 Å². The summed E-state index contributed by atoms with van der Waals surface area (Å²) in [6.45, 7) is 5.98. The van der Waals surface area contributed by atoms with Gasteiger partial charge in [-0.05, 0) is 63.1 Å². The van der Waals surface area contributed by atoms with E-state index in [1.54, 1.807) is 0 Å². The van der Waals surface area contributed by atoms with Gasteiger partial charge in [0.25, 0.3) is 5.91 Å². The van der Waals surface area contributed by atoms with Gasteiger partial charge in [0.2, 0.25) is 0 Å². The van der Waals surface area contributed by atoms with Crippen molar-refractivity contribution in [3.63, 3.8) is 0 Å². The number of hydrogen-bond donors (Lipinski definition) is 2. The van der Waals surface area contributed by atoms with Crippen molar-refractivity contribution in [3.05, 3.63) is 71.5 Å². The van der Waals surface area contributed by atoms with Crippen molar-refractivity contribution in [2.75, 3.05) is 28.6 Å². The molecule has 1 saturated heterocycles. The summed E-state index contributed by atoms with van der Waals surface area (Å²) in [7, 11) is 0. The second-order valence-electron chi connectivity index (χ2n) is 7.38. The Morgan fingerprint density at radius 3 is 2.38 bits per heavy atom. The van der Waals surface area contributed by atoms with E-state index in [2.05, 4.69) is 25.5 Å². The topological polar surface area (TPSA) is 70.2 Å². The van der Waals surface area contributed by atoms with Crippen LogP contribution in [0.3, 0.4) is 0 Å². The number of anilines is 4. The molecule has 1 fully saturated rings. The summed E-state index contributed by atoms with van der Waals surface area (Å²) >= 11 is 0. The van der Waals surface area contributed by atoms with E-state index < -0.39 is 0 Å². The molecule has 0 saturated carbocycles. The molecule has 148 valence electrons. The molecule has 0 radical (unpaired) electrons. The first-order chi connectivity index (χ1) is 14.1. The van der Waals surface area contributed by atoms with Crippen LogP contribution in [0.4, 0.5) is 23.0 Å². The van der Waals surface area contributed by atoms with Crippen LogP contribution in [0.25, 0.3) is 0 Å². The zero-order valence-electron chi connectivity index (χ0n) is 16.8. The van der Waals surface area contributed by atoms with E-state index >= 15 is 0 Å². The van der Waals surface area contributed by atoms with Crippen LogP contribution in [0.15, 0.2) is 54.6 Å². The quantitative estimate of drug-likeness (QED) is 0.665. The average molecular weight is 387 g/mol. The summed E-state index contributed by atoms with van der Waals surface area (Å²) in [6.07, 6.45) is 2.42. The number of amides is 1. The van der Waals surface area contributed by atoms with Gasteiger partial charge in [0.1, 0.15) is 17.5 Å². The maximum Gasteiger partial charge on any atom is 0.255 e. The Hall–Kier alpha value is -3.41. The smallest absolute Gasteiger partial charge is 0.255 e. The molecule has 0 bridgehead atoms. The fourth-order valence-corrected chi connectivity index (χ4v) is 3.50. The second kappa shape index (κ2) is 8.31. The zero-order valence-corrected chi connectivity index (χ0v) is 16.8. The molecule has 1 aromatic heterocycles. The molecule has 1 aliphatic rings. The highest BCUT2D eigenvalue weighted by atomic mass is 16.1. The molecule has 2 heterocycles. The molecule has 29 heavy (non-hydrogen) atoms. The van der Waals surface area contributed by atoms with E-state index in [0.717, 1.165) is 47.5 Å². The maximum atomic E-state index is 12.4. The van der Waals surface area contributed by atoms with Crippen molar-refractivity contribution in [2.24, 2.45) is 0 Å². The number of nitrogens with one attached hydrogen (secondary N) is 2. The van der Waals surface area contributed by atoms with Gasteiger partial charge in [0, 0.05) is 36.1 Å². The van der Waals surface area contributed by atoms with Crippen molar-refractivity contribution in [1.82, 2.24) is 9.97 Å². The fourth-order valence-electron chi connectivity index (χ4n) is 3.50. The molecule has 6 nitrogen and oxygen atoms in total. The number of aromatic nitrogens is 2. The number of hydrogen-bond acceptors (Lipinski definition) is 5. The third-order valence-electron chi connectivity index (χ3n) is 4.95. The number of aryl methyl sites for hydroxylation is 2. The molecular weight excluding hydrogens is 362 g/mol. The molecule has 0 atom stereocenters. The predicted octanol–water partition coefficient (Wildman–Crippen LogP) is 4.69. The molecule has 0 aliphatic carbocycles. The Labute approximate surface area is 171 Å². The lowest BCUT2D eigenvalue weighted by molar-refractivity contribution is 0.102. The highest BCUT2D eigenvalue weighted by molar-refractivity contribution is 6.04. The molecule has 1 aliphatic heterocycles. The van der Waals surface area contributed by atoms with Crippen molar-refractivity contribution >= 4 is 28.9 Å². The van der Waals surface area contributed by atoms with Crippen molar-refractivity contribution in [3.8, 4) is 0 Å². The number of rotatable bonds is 5. The molecule has 0 spiro atoms. The summed E-state index contributed by atoms with van der Waals surface area (Å²) < 4.78 is 0. The predicted molar refractivity (Wildman–Crippen MR) is 117 cm³/mol. The number of benzene rings is 2. The minimum Gasteiger partial charge on any atom is -0.356 e. The monoisotopic (exact) mass is 387 g/mol.